The van der Waals surface area contributed by atoms with E-state index in [0.29, 0.717) is 0 Å². The Hall–Kier alpha value is -1.10. The molecule has 0 bridgehead atoms. The predicted molar refractivity (Wildman–Crippen MR) is 71.1 cm³/mol. The van der Waals surface area contributed by atoms with Gasteiger partial charge in [-0.2, -0.15) is 0 Å². The van der Waals surface area contributed by atoms with Gasteiger partial charge in [0.2, 0.25) is 0 Å². The fourth-order valence-corrected chi connectivity index (χ4v) is 1.96. The van der Waals surface area contributed by atoms with E-state index in [1.54, 1.807) is 7.11 Å². The largest absolute Gasteiger partial charge is 0.496 e. The summed E-state index contributed by atoms with van der Waals surface area (Å²) in [6.07, 6.45) is 0. The summed E-state index contributed by atoms with van der Waals surface area (Å²) in [5.74, 6) is 6.56. The number of ether oxygens (including phenoxy) is 1. The van der Waals surface area contributed by atoms with Gasteiger partial charge >= 0.3 is 0 Å². The zero-order valence-corrected chi connectivity index (χ0v) is 11.4. The zero-order valence-electron chi connectivity index (χ0n) is 11.4. The molecule has 0 saturated carbocycles. The first kappa shape index (κ1) is 14.0. The lowest BCUT2D eigenvalue weighted by Gasteiger charge is -2.24. The van der Waals surface area contributed by atoms with E-state index >= 15 is 0 Å². The highest BCUT2D eigenvalue weighted by atomic mass is 16.5. The summed E-state index contributed by atoms with van der Waals surface area (Å²) in [5.41, 5.74) is 6.35. The Kier molecular flexibility index (Phi) is 4.93. The van der Waals surface area contributed by atoms with Crippen LogP contribution in [0.5, 0.6) is 5.75 Å². The smallest absolute Gasteiger partial charge is 0.126 e. The lowest BCUT2D eigenvalue weighted by molar-refractivity contribution is 0.332. The molecule has 4 heteroatoms. The minimum atomic E-state index is 0.0687. The zero-order chi connectivity index (χ0) is 13.0. The van der Waals surface area contributed by atoms with Crippen LogP contribution in [-0.4, -0.2) is 32.6 Å². The Balaban J connectivity index is 3.14. The number of hydrogen-bond donors (Lipinski definition) is 2. The molecule has 1 aromatic rings. The number of methoxy groups -OCH3 is 1. The van der Waals surface area contributed by atoms with Gasteiger partial charge in [-0.1, -0.05) is 12.1 Å². The van der Waals surface area contributed by atoms with Crippen LogP contribution in [0.3, 0.4) is 0 Å². The number of hydrogen-bond acceptors (Lipinski definition) is 4. The molecule has 0 aliphatic carbocycles. The molecular formula is C13H23N3O. The lowest BCUT2D eigenvalue weighted by atomic mass is 9.99. The highest BCUT2D eigenvalue weighted by Crippen LogP contribution is 2.30. The maximum absolute atomic E-state index is 5.63. The quantitative estimate of drug-likeness (QED) is 0.600. The van der Waals surface area contributed by atoms with Gasteiger partial charge in [-0.15, -0.1) is 0 Å². The maximum Gasteiger partial charge on any atom is 0.126 e. The molecule has 96 valence electrons. The van der Waals surface area contributed by atoms with Crippen LogP contribution in [0.4, 0.5) is 0 Å². The number of nitrogens with one attached hydrogen (secondary N) is 1. The van der Waals surface area contributed by atoms with Gasteiger partial charge in [0.25, 0.3) is 0 Å². The first-order chi connectivity index (χ1) is 8.01. The van der Waals surface area contributed by atoms with Gasteiger partial charge in [0.1, 0.15) is 5.75 Å². The molecular weight excluding hydrogens is 214 g/mol. The van der Waals surface area contributed by atoms with Gasteiger partial charge in [0, 0.05) is 12.1 Å². The maximum atomic E-state index is 5.63. The van der Waals surface area contributed by atoms with Crippen molar-refractivity contribution in [1.29, 1.82) is 0 Å². The van der Waals surface area contributed by atoms with Crippen LogP contribution in [0.25, 0.3) is 0 Å². The standard InChI is InChI=1S/C13H23N3O/c1-9-6-7-11(13(17-5)10(9)2)12(15-14)8-16(3)4/h6-7,12,15H,8,14H2,1-5H3. The van der Waals surface area contributed by atoms with E-state index in [1.165, 1.54) is 11.1 Å². The Bertz CT molecular complexity index is 377. The topological polar surface area (TPSA) is 50.5 Å². The van der Waals surface area contributed by atoms with Crippen molar-refractivity contribution < 1.29 is 4.74 Å². The SMILES string of the molecule is COc1c(C(CN(C)C)NN)ccc(C)c1C. The Morgan fingerprint density at radius 1 is 1.35 bits per heavy atom. The van der Waals surface area contributed by atoms with Crippen LogP contribution in [0.1, 0.15) is 22.7 Å². The molecule has 0 aliphatic rings. The molecule has 3 N–H and O–H groups in total. The fourth-order valence-electron chi connectivity index (χ4n) is 1.96. The van der Waals surface area contributed by atoms with E-state index in [9.17, 15) is 0 Å². The van der Waals surface area contributed by atoms with Crippen molar-refractivity contribution in [3.8, 4) is 5.75 Å². The van der Waals surface area contributed by atoms with Crippen LogP contribution >= 0.6 is 0 Å². The van der Waals surface area contributed by atoms with Crippen LogP contribution in [-0.2, 0) is 0 Å². The van der Waals surface area contributed by atoms with E-state index in [1.807, 2.05) is 14.1 Å². The van der Waals surface area contributed by atoms with Crippen molar-refractivity contribution >= 4 is 0 Å². The van der Waals surface area contributed by atoms with Gasteiger partial charge in [0.05, 0.1) is 13.2 Å². The number of nitrogens with zero attached hydrogens (tertiary/aromatic N) is 1. The normalized spacial score (nSPS) is 12.9. The second kappa shape index (κ2) is 6.00. The molecule has 0 heterocycles. The number of hydrazine groups is 1. The molecule has 4 nitrogen and oxygen atoms in total. The number of rotatable bonds is 5. The van der Waals surface area contributed by atoms with Crippen LogP contribution in [0.15, 0.2) is 12.1 Å². The third-order valence-electron chi connectivity index (χ3n) is 3.04. The van der Waals surface area contributed by atoms with Gasteiger partial charge < -0.3 is 9.64 Å². The van der Waals surface area contributed by atoms with E-state index < -0.39 is 0 Å². The van der Waals surface area contributed by atoms with Crippen molar-refractivity contribution in [1.82, 2.24) is 10.3 Å². The monoisotopic (exact) mass is 237 g/mol. The minimum absolute atomic E-state index is 0.0687. The Morgan fingerprint density at radius 3 is 2.47 bits per heavy atom. The van der Waals surface area contributed by atoms with E-state index in [-0.39, 0.29) is 6.04 Å². The van der Waals surface area contributed by atoms with Crippen molar-refractivity contribution in [2.75, 3.05) is 27.7 Å². The average molecular weight is 237 g/mol. The van der Waals surface area contributed by atoms with Crippen molar-refractivity contribution in [2.45, 2.75) is 19.9 Å². The van der Waals surface area contributed by atoms with Gasteiger partial charge in [-0.3, -0.25) is 11.3 Å². The van der Waals surface area contributed by atoms with E-state index in [2.05, 4.69) is 36.3 Å². The summed E-state index contributed by atoms with van der Waals surface area (Å²) < 4.78 is 5.51. The van der Waals surface area contributed by atoms with Gasteiger partial charge in [-0.25, -0.2) is 0 Å². The average Bonchev–Trinajstić information content (AvgIpc) is 2.29. The predicted octanol–water partition coefficient (Wildman–Crippen LogP) is 1.38. The molecule has 1 aromatic carbocycles. The summed E-state index contributed by atoms with van der Waals surface area (Å²) in [6, 6.07) is 4.25. The molecule has 0 fully saturated rings. The molecule has 0 saturated heterocycles. The first-order valence-corrected chi connectivity index (χ1v) is 5.76. The molecule has 0 aromatic heterocycles. The van der Waals surface area contributed by atoms with Crippen LogP contribution in [0.2, 0.25) is 0 Å². The Labute approximate surface area is 104 Å². The van der Waals surface area contributed by atoms with Crippen molar-refractivity contribution in [3.63, 3.8) is 0 Å². The number of likely N-dealkylation sites (N-methyl/N-ethyl adjacent to an activating group) is 1. The van der Waals surface area contributed by atoms with E-state index in [0.717, 1.165) is 17.9 Å². The summed E-state index contributed by atoms with van der Waals surface area (Å²) >= 11 is 0. The number of aryl methyl sites for hydroxylation is 1. The molecule has 1 rings (SSSR count). The third-order valence-corrected chi connectivity index (χ3v) is 3.04. The highest BCUT2D eigenvalue weighted by Gasteiger charge is 2.17. The van der Waals surface area contributed by atoms with Crippen LogP contribution in [0, 0.1) is 13.8 Å². The molecule has 0 amide bonds. The summed E-state index contributed by atoms with van der Waals surface area (Å²) in [7, 11) is 5.75. The number of benzene rings is 1. The van der Waals surface area contributed by atoms with Gasteiger partial charge in [-0.05, 0) is 39.1 Å². The summed E-state index contributed by atoms with van der Waals surface area (Å²) in [4.78, 5) is 2.10. The molecule has 0 radical (unpaired) electrons. The Morgan fingerprint density at radius 2 is 2.00 bits per heavy atom. The van der Waals surface area contributed by atoms with Gasteiger partial charge in [0.15, 0.2) is 0 Å². The second-order valence-corrected chi connectivity index (χ2v) is 4.61. The molecule has 0 spiro atoms. The minimum Gasteiger partial charge on any atom is -0.496 e. The first-order valence-electron chi connectivity index (χ1n) is 5.76. The molecule has 1 atom stereocenters. The molecule has 17 heavy (non-hydrogen) atoms. The van der Waals surface area contributed by atoms with Crippen LogP contribution < -0.4 is 16.0 Å². The summed E-state index contributed by atoms with van der Waals surface area (Å²) in [5, 5.41) is 0. The fraction of sp³-hybridized carbons (Fsp3) is 0.538. The second-order valence-electron chi connectivity index (χ2n) is 4.61. The molecule has 1 unspecified atom stereocenters. The van der Waals surface area contributed by atoms with E-state index in [4.69, 9.17) is 10.6 Å². The van der Waals surface area contributed by atoms with Crippen molar-refractivity contribution in [3.05, 3.63) is 28.8 Å². The molecule has 0 aliphatic heterocycles. The summed E-state index contributed by atoms with van der Waals surface area (Å²) in [6.45, 7) is 4.98. The highest BCUT2D eigenvalue weighted by molar-refractivity contribution is 5.46. The third kappa shape index (κ3) is 3.19. The lowest BCUT2D eigenvalue weighted by Crippen LogP contribution is -2.35. The van der Waals surface area contributed by atoms with Crippen molar-refractivity contribution in [2.24, 2.45) is 5.84 Å². The number of nitrogens with two attached hydrogens (primary N) is 1.